The Labute approximate surface area is 117 Å². The maximum absolute atomic E-state index is 11.6. The van der Waals surface area contributed by atoms with E-state index >= 15 is 0 Å². The van der Waals surface area contributed by atoms with Gasteiger partial charge in [-0.05, 0) is 31.4 Å². The largest absolute Gasteiger partial charge is 0.461 e. The smallest absolute Gasteiger partial charge is 0.362 e. The topological polar surface area (TPSA) is 78.3 Å². The van der Waals surface area contributed by atoms with Crippen LogP contribution in [-0.4, -0.2) is 17.6 Å². The Kier molecular flexibility index (Phi) is 4.40. The van der Waals surface area contributed by atoms with E-state index in [1.807, 2.05) is 12.1 Å². The minimum Gasteiger partial charge on any atom is -0.461 e. The Balaban J connectivity index is 2.06. The summed E-state index contributed by atoms with van der Waals surface area (Å²) in [5.74, 6) is -0.0760. The average molecular weight is 274 g/mol. The molecule has 106 valence electrons. The van der Waals surface area contributed by atoms with Crippen LogP contribution < -0.4 is 5.73 Å². The third kappa shape index (κ3) is 3.17. The molecule has 1 aromatic carbocycles. The highest BCUT2D eigenvalue weighted by molar-refractivity contribution is 5.91. The van der Waals surface area contributed by atoms with Crippen LogP contribution in [0.15, 0.2) is 28.7 Å². The van der Waals surface area contributed by atoms with Gasteiger partial charge >= 0.3 is 5.97 Å². The number of ether oxygens (including phenoxy) is 1. The van der Waals surface area contributed by atoms with Gasteiger partial charge in [-0.2, -0.15) is 0 Å². The van der Waals surface area contributed by atoms with Crippen LogP contribution in [-0.2, 0) is 17.6 Å². The van der Waals surface area contributed by atoms with Crippen molar-refractivity contribution in [2.45, 2.75) is 26.7 Å². The molecular formula is C15H18N2O3. The van der Waals surface area contributed by atoms with E-state index in [1.165, 1.54) is 11.1 Å². The number of nitrogens with two attached hydrogens (primary N) is 1. The molecule has 20 heavy (non-hydrogen) atoms. The van der Waals surface area contributed by atoms with Gasteiger partial charge < -0.3 is 14.9 Å². The first-order valence-electron chi connectivity index (χ1n) is 6.58. The van der Waals surface area contributed by atoms with E-state index in [0.717, 1.165) is 6.42 Å². The SMILES string of the molecule is CCOC(=O)c1nc(CCc2ccccc2C)oc1N. The van der Waals surface area contributed by atoms with Gasteiger partial charge in [0, 0.05) is 6.42 Å². The molecule has 2 N–H and O–H groups in total. The summed E-state index contributed by atoms with van der Waals surface area (Å²) in [5.41, 5.74) is 8.15. The van der Waals surface area contributed by atoms with Crippen molar-refractivity contribution in [3.8, 4) is 0 Å². The second kappa shape index (κ2) is 6.23. The number of hydrogen-bond donors (Lipinski definition) is 1. The number of anilines is 1. The molecule has 2 rings (SSSR count). The number of carbonyl (C=O) groups excluding carboxylic acids is 1. The summed E-state index contributed by atoms with van der Waals surface area (Å²) in [6.45, 7) is 4.07. The molecule has 0 fully saturated rings. The van der Waals surface area contributed by atoms with E-state index in [2.05, 4.69) is 24.0 Å². The van der Waals surface area contributed by atoms with Crippen molar-refractivity contribution in [3.05, 3.63) is 47.0 Å². The van der Waals surface area contributed by atoms with Gasteiger partial charge in [0.25, 0.3) is 0 Å². The zero-order chi connectivity index (χ0) is 14.5. The number of nitrogens with zero attached hydrogens (tertiary/aromatic N) is 1. The predicted octanol–water partition coefficient (Wildman–Crippen LogP) is 2.53. The highest BCUT2D eigenvalue weighted by Gasteiger charge is 2.19. The third-order valence-electron chi connectivity index (χ3n) is 3.04. The quantitative estimate of drug-likeness (QED) is 0.848. The minimum atomic E-state index is -0.545. The zero-order valence-corrected chi connectivity index (χ0v) is 11.7. The Morgan fingerprint density at radius 3 is 2.80 bits per heavy atom. The van der Waals surface area contributed by atoms with Crippen molar-refractivity contribution in [1.29, 1.82) is 0 Å². The predicted molar refractivity (Wildman–Crippen MR) is 75.5 cm³/mol. The van der Waals surface area contributed by atoms with Gasteiger partial charge in [0.2, 0.25) is 11.6 Å². The van der Waals surface area contributed by atoms with Crippen LogP contribution in [0.5, 0.6) is 0 Å². The first kappa shape index (κ1) is 14.1. The monoisotopic (exact) mass is 274 g/mol. The lowest BCUT2D eigenvalue weighted by atomic mass is 10.0. The number of rotatable bonds is 5. The van der Waals surface area contributed by atoms with Crippen molar-refractivity contribution in [2.75, 3.05) is 12.3 Å². The van der Waals surface area contributed by atoms with Gasteiger partial charge in [-0.3, -0.25) is 0 Å². The van der Waals surface area contributed by atoms with Crippen LogP contribution in [0.3, 0.4) is 0 Å². The number of nitrogen functional groups attached to an aromatic ring is 1. The van der Waals surface area contributed by atoms with E-state index in [-0.39, 0.29) is 18.2 Å². The molecule has 1 heterocycles. The van der Waals surface area contributed by atoms with Crippen LogP contribution in [0.1, 0.15) is 34.4 Å². The lowest BCUT2D eigenvalue weighted by Crippen LogP contribution is -2.07. The van der Waals surface area contributed by atoms with Crippen molar-refractivity contribution >= 4 is 11.9 Å². The van der Waals surface area contributed by atoms with Crippen molar-refractivity contribution in [3.63, 3.8) is 0 Å². The van der Waals surface area contributed by atoms with Crippen molar-refractivity contribution in [1.82, 2.24) is 4.98 Å². The third-order valence-corrected chi connectivity index (χ3v) is 3.04. The zero-order valence-electron chi connectivity index (χ0n) is 11.7. The van der Waals surface area contributed by atoms with Crippen molar-refractivity contribution in [2.24, 2.45) is 0 Å². The molecule has 0 amide bonds. The number of benzene rings is 1. The molecule has 0 saturated carbocycles. The number of aryl methyl sites for hydroxylation is 3. The maximum atomic E-state index is 11.6. The number of carbonyl (C=O) groups is 1. The van der Waals surface area contributed by atoms with E-state index in [4.69, 9.17) is 14.9 Å². The average Bonchev–Trinajstić information content (AvgIpc) is 2.79. The number of hydrogen-bond acceptors (Lipinski definition) is 5. The highest BCUT2D eigenvalue weighted by atomic mass is 16.5. The molecule has 0 radical (unpaired) electrons. The van der Waals surface area contributed by atoms with Gasteiger partial charge in [0.05, 0.1) is 6.61 Å². The second-order valence-electron chi connectivity index (χ2n) is 4.47. The highest BCUT2D eigenvalue weighted by Crippen LogP contribution is 2.17. The summed E-state index contributed by atoms with van der Waals surface area (Å²) in [7, 11) is 0. The molecular weight excluding hydrogens is 256 g/mol. The van der Waals surface area contributed by atoms with Crippen LogP contribution in [0.2, 0.25) is 0 Å². The summed E-state index contributed by atoms with van der Waals surface area (Å²) in [4.78, 5) is 15.7. The molecule has 0 spiro atoms. The Morgan fingerprint density at radius 2 is 2.10 bits per heavy atom. The van der Waals surface area contributed by atoms with Crippen LogP contribution in [0.4, 0.5) is 5.88 Å². The minimum absolute atomic E-state index is 0.0169. The molecule has 0 saturated heterocycles. The van der Waals surface area contributed by atoms with Crippen LogP contribution >= 0.6 is 0 Å². The normalized spacial score (nSPS) is 10.5. The Hall–Kier alpha value is -2.30. The standard InChI is InChI=1S/C15H18N2O3/c1-3-19-15(18)13-14(16)20-12(17-13)9-8-11-7-5-4-6-10(11)2/h4-7H,3,8-9,16H2,1-2H3. The summed E-state index contributed by atoms with van der Waals surface area (Å²) >= 11 is 0. The van der Waals surface area contributed by atoms with Gasteiger partial charge in [-0.15, -0.1) is 0 Å². The van der Waals surface area contributed by atoms with Crippen molar-refractivity contribution < 1.29 is 13.9 Å². The molecule has 5 heteroatoms. The van der Waals surface area contributed by atoms with E-state index in [1.54, 1.807) is 6.92 Å². The lowest BCUT2D eigenvalue weighted by Gasteiger charge is -2.02. The fourth-order valence-electron chi connectivity index (χ4n) is 1.96. The maximum Gasteiger partial charge on any atom is 0.362 e. The molecule has 1 aromatic heterocycles. The van der Waals surface area contributed by atoms with Crippen LogP contribution in [0, 0.1) is 6.92 Å². The first-order valence-corrected chi connectivity index (χ1v) is 6.58. The van der Waals surface area contributed by atoms with Gasteiger partial charge in [-0.25, -0.2) is 9.78 Å². The van der Waals surface area contributed by atoms with Crippen LogP contribution in [0.25, 0.3) is 0 Å². The fraction of sp³-hybridized carbons (Fsp3) is 0.333. The molecule has 2 aromatic rings. The molecule has 0 atom stereocenters. The lowest BCUT2D eigenvalue weighted by molar-refractivity contribution is 0.0521. The molecule has 0 aliphatic rings. The van der Waals surface area contributed by atoms with Gasteiger partial charge in [0.1, 0.15) is 0 Å². The summed E-state index contributed by atoms with van der Waals surface area (Å²) < 4.78 is 10.2. The summed E-state index contributed by atoms with van der Waals surface area (Å²) in [5, 5.41) is 0. The van der Waals surface area contributed by atoms with E-state index in [9.17, 15) is 4.79 Å². The van der Waals surface area contributed by atoms with Gasteiger partial charge in [0.15, 0.2) is 5.89 Å². The molecule has 0 unspecified atom stereocenters. The number of esters is 1. The summed E-state index contributed by atoms with van der Waals surface area (Å²) in [6, 6.07) is 8.12. The molecule has 0 bridgehead atoms. The first-order chi connectivity index (χ1) is 9.61. The number of aromatic nitrogens is 1. The Bertz CT molecular complexity index is 605. The fourth-order valence-corrected chi connectivity index (χ4v) is 1.96. The van der Waals surface area contributed by atoms with Gasteiger partial charge in [-0.1, -0.05) is 24.3 Å². The van der Waals surface area contributed by atoms with E-state index in [0.29, 0.717) is 12.3 Å². The number of oxazole rings is 1. The van der Waals surface area contributed by atoms with E-state index < -0.39 is 5.97 Å². The Morgan fingerprint density at radius 1 is 1.35 bits per heavy atom. The summed E-state index contributed by atoms with van der Waals surface area (Å²) in [6.07, 6.45) is 1.38. The molecule has 5 nitrogen and oxygen atoms in total. The molecule has 0 aliphatic heterocycles. The molecule has 0 aliphatic carbocycles. The second-order valence-corrected chi connectivity index (χ2v) is 4.47.